The van der Waals surface area contributed by atoms with Crippen molar-refractivity contribution in [2.24, 2.45) is 11.8 Å². The van der Waals surface area contributed by atoms with Crippen LogP contribution in [-0.4, -0.2) is 58.6 Å². The molecule has 0 amide bonds. The molecular formula is C21H46O5. The van der Waals surface area contributed by atoms with Gasteiger partial charge in [0.15, 0.2) is 0 Å². The largest absolute Gasteiger partial charge is 0.396 e. The summed E-state index contributed by atoms with van der Waals surface area (Å²) in [5, 5.41) is 42.6. The summed E-state index contributed by atoms with van der Waals surface area (Å²) < 4.78 is 0. The van der Waals surface area contributed by atoms with Gasteiger partial charge in [-0.2, -0.15) is 0 Å². The third-order valence-corrected chi connectivity index (χ3v) is 4.81. The third kappa shape index (κ3) is 21.8. The van der Waals surface area contributed by atoms with Gasteiger partial charge in [-0.05, 0) is 56.8 Å². The molecule has 0 radical (unpaired) electrons. The predicted molar refractivity (Wildman–Crippen MR) is 108 cm³/mol. The molecule has 0 unspecified atom stereocenters. The van der Waals surface area contributed by atoms with Crippen LogP contribution in [0.4, 0.5) is 0 Å². The van der Waals surface area contributed by atoms with Gasteiger partial charge in [0.25, 0.3) is 0 Å². The number of hydrogen-bond donors (Lipinski definition) is 5. The fourth-order valence-electron chi connectivity index (χ4n) is 2.89. The summed E-state index contributed by atoms with van der Waals surface area (Å²) in [5.74, 6) is 1.03. The van der Waals surface area contributed by atoms with Crippen LogP contribution in [0.25, 0.3) is 0 Å². The molecular weight excluding hydrogens is 332 g/mol. The minimum atomic E-state index is 0.305. The lowest BCUT2D eigenvalue weighted by Gasteiger charge is -2.25. The van der Waals surface area contributed by atoms with Gasteiger partial charge in [0.1, 0.15) is 0 Å². The molecule has 1 aliphatic carbocycles. The Balaban J connectivity index is 0. The van der Waals surface area contributed by atoms with Crippen molar-refractivity contribution in [3.05, 3.63) is 0 Å². The molecule has 160 valence electrons. The van der Waals surface area contributed by atoms with Crippen molar-refractivity contribution in [3.8, 4) is 0 Å². The smallest absolute Gasteiger partial charge is 0.0459 e. The van der Waals surface area contributed by atoms with Crippen molar-refractivity contribution in [1.29, 1.82) is 0 Å². The lowest BCUT2D eigenvalue weighted by Crippen LogP contribution is -2.19. The summed E-state index contributed by atoms with van der Waals surface area (Å²) in [4.78, 5) is 0. The number of hydrogen-bond acceptors (Lipinski definition) is 5. The molecule has 0 aliphatic heterocycles. The molecule has 0 atom stereocenters. The molecule has 0 heterocycles. The third-order valence-electron chi connectivity index (χ3n) is 4.81. The zero-order valence-electron chi connectivity index (χ0n) is 17.1. The number of aliphatic hydroxyl groups is 5. The Morgan fingerprint density at radius 1 is 0.500 bits per heavy atom. The van der Waals surface area contributed by atoms with E-state index in [0.717, 1.165) is 64.2 Å². The molecule has 0 bridgehead atoms. The van der Waals surface area contributed by atoms with Crippen LogP contribution in [-0.2, 0) is 0 Å². The summed E-state index contributed by atoms with van der Waals surface area (Å²) >= 11 is 0. The van der Waals surface area contributed by atoms with Crippen LogP contribution < -0.4 is 0 Å². The Hall–Kier alpha value is -0.200. The van der Waals surface area contributed by atoms with Crippen molar-refractivity contribution in [2.75, 3.05) is 33.0 Å². The van der Waals surface area contributed by atoms with Crippen LogP contribution in [0.2, 0.25) is 0 Å². The standard InChI is InChI=1S/C8H16O2.C7H16O2.C6H14O/c9-5-7-1-2-8(6-10)4-3-7;8-6-4-2-1-3-5-7-9;1-2-3-4-5-6-7/h7-10H,1-6H2;8-9H,1-7H2;7H,2-6H2,1H3. The average molecular weight is 379 g/mol. The maximum absolute atomic E-state index is 8.79. The van der Waals surface area contributed by atoms with Crippen LogP contribution in [0.1, 0.15) is 90.4 Å². The Labute approximate surface area is 161 Å². The van der Waals surface area contributed by atoms with E-state index in [1.807, 2.05) is 0 Å². The van der Waals surface area contributed by atoms with E-state index in [0.29, 0.717) is 44.9 Å². The maximum atomic E-state index is 8.79. The molecule has 0 spiro atoms. The van der Waals surface area contributed by atoms with E-state index < -0.39 is 0 Å². The SMILES string of the molecule is CCCCCCO.OCC1CCC(CO)CC1.OCCCCCCCO. The lowest BCUT2D eigenvalue weighted by atomic mass is 9.83. The molecule has 5 heteroatoms. The molecule has 0 aromatic rings. The Bertz CT molecular complexity index is 208. The molecule has 1 aliphatic rings. The van der Waals surface area contributed by atoms with Crippen molar-refractivity contribution < 1.29 is 25.5 Å². The molecule has 26 heavy (non-hydrogen) atoms. The van der Waals surface area contributed by atoms with Gasteiger partial charge in [0, 0.05) is 33.0 Å². The molecule has 1 rings (SSSR count). The second kappa shape index (κ2) is 24.8. The zero-order valence-corrected chi connectivity index (χ0v) is 17.1. The van der Waals surface area contributed by atoms with E-state index >= 15 is 0 Å². The topological polar surface area (TPSA) is 101 Å². The first-order valence-corrected chi connectivity index (χ1v) is 10.7. The fraction of sp³-hybridized carbons (Fsp3) is 1.00. The number of unbranched alkanes of at least 4 members (excludes halogenated alkanes) is 7. The predicted octanol–water partition coefficient (Wildman–Crippen LogP) is 3.26. The highest BCUT2D eigenvalue weighted by atomic mass is 16.3. The van der Waals surface area contributed by atoms with E-state index in [2.05, 4.69) is 6.92 Å². The highest BCUT2D eigenvalue weighted by Crippen LogP contribution is 2.27. The van der Waals surface area contributed by atoms with Gasteiger partial charge in [-0.25, -0.2) is 0 Å². The quantitative estimate of drug-likeness (QED) is 0.336. The summed E-state index contributed by atoms with van der Waals surface area (Å²) in [6.45, 7) is 3.80. The fourth-order valence-corrected chi connectivity index (χ4v) is 2.89. The molecule has 1 saturated carbocycles. The van der Waals surface area contributed by atoms with E-state index in [-0.39, 0.29) is 0 Å². The Morgan fingerprint density at radius 3 is 1.08 bits per heavy atom. The summed E-state index contributed by atoms with van der Waals surface area (Å²) in [7, 11) is 0. The first kappa shape index (κ1) is 28.0. The monoisotopic (exact) mass is 378 g/mol. The summed E-state index contributed by atoms with van der Waals surface area (Å²) in [5.41, 5.74) is 0. The normalized spacial score (nSPS) is 19.2. The van der Waals surface area contributed by atoms with Crippen LogP contribution in [0.3, 0.4) is 0 Å². The van der Waals surface area contributed by atoms with Crippen LogP contribution in [0.15, 0.2) is 0 Å². The molecule has 0 saturated heterocycles. The average Bonchev–Trinajstić information content (AvgIpc) is 2.69. The minimum absolute atomic E-state index is 0.305. The number of aliphatic hydroxyl groups excluding tert-OH is 5. The highest BCUT2D eigenvalue weighted by molar-refractivity contribution is 4.70. The zero-order chi connectivity index (χ0) is 19.9. The van der Waals surface area contributed by atoms with E-state index in [1.165, 1.54) is 19.3 Å². The molecule has 1 fully saturated rings. The van der Waals surface area contributed by atoms with Crippen molar-refractivity contribution in [1.82, 2.24) is 0 Å². The van der Waals surface area contributed by atoms with Gasteiger partial charge in [0.05, 0.1) is 0 Å². The van der Waals surface area contributed by atoms with Gasteiger partial charge in [-0.1, -0.05) is 45.4 Å². The lowest BCUT2D eigenvalue weighted by molar-refractivity contribution is 0.131. The van der Waals surface area contributed by atoms with Gasteiger partial charge in [-0.15, -0.1) is 0 Å². The molecule has 0 aromatic carbocycles. The van der Waals surface area contributed by atoms with E-state index in [9.17, 15) is 0 Å². The maximum Gasteiger partial charge on any atom is 0.0459 e. The van der Waals surface area contributed by atoms with Gasteiger partial charge < -0.3 is 25.5 Å². The van der Waals surface area contributed by atoms with Crippen LogP contribution in [0.5, 0.6) is 0 Å². The summed E-state index contributed by atoms with van der Waals surface area (Å²) in [6, 6.07) is 0. The Kier molecular flexibility index (Phi) is 26.7. The second-order valence-corrected chi connectivity index (χ2v) is 7.25. The summed E-state index contributed by atoms with van der Waals surface area (Å²) in [6.07, 6.45) is 14.2. The molecule has 0 aromatic heterocycles. The minimum Gasteiger partial charge on any atom is -0.396 e. The Morgan fingerprint density at radius 2 is 0.808 bits per heavy atom. The molecule has 5 nitrogen and oxygen atoms in total. The van der Waals surface area contributed by atoms with Gasteiger partial charge in [-0.3, -0.25) is 0 Å². The van der Waals surface area contributed by atoms with Crippen molar-refractivity contribution >= 4 is 0 Å². The van der Waals surface area contributed by atoms with Gasteiger partial charge in [0.2, 0.25) is 0 Å². The van der Waals surface area contributed by atoms with Crippen molar-refractivity contribution in [3.63, 3.8) is 0 Å². The van der Waals surface area contributed by atoms with Crippen LogP contribution >= 0.6 is 0 Å². The van der Waals surface area contributed by atoms with Crippen molar-refractivity contribution in [2.45, 2.75) is 90.4 Å². The second-order valence-electron chi connectivity index (χ2n) is 7.25. The number of rotatable bonds is 12. The van der Waals surface area contributed by atoms with Gasteiger partial charge >= 0.3 is 0 Å². The van der Waals surface area contributed by atoms with E-state index in [1.54, 1.807) is 0 Å². The first-order chi connectivity index (χ1) is 12.7. The first-order valence-electron chi connectivity index (χ1n) is 10.7. The van der Waals surface area contributed by atoms with E-state index in [4.69, 9.17) is 25.5 Å². The molecule has 5 N–H and O–H groups in total. The highest BCUT2D eigenvalue weighted by Gasteiger charge is 2.19. The van der Waals surface area contributed by atoms with Crippen LogP contribution in [0, 0.1) is 11.8 Å².